The van der Waals surface area contributed by atoms with Gasteiger partial charge in [-0.1, -0.05) is 0 Å². The molecule has 1 aliphatic rings. The molecule has 2 aromatic heterocycles. The number of hydrogen-bond donors (Lipinski definition) is 2. The van der Waals surface area contributed by atoms with Crippen LogP contribution in [0.1, 0.15) is 10.5 Å². The van der Waals surface area contributed by atoms with Crippen LogP contribution in [0.2, 0.25) is 0 Å². The molecule has 2 aromatic carbocycles. The molecule has 2 N–H and O–H groups in total. The number of nitrogens with one attached hydrogen (secondary N) is 2. The number of pyridine rings is 1. The molecule has 0 saturated carbocycles. The van der Waals surface area contributed by atoms with Gasteiger partial charge >= 0.3 is 0 Å². The van der Waals surface area contributed by atoms with E-state index in [9.17, 15) is 4.79 Å². The van der Waals surface area contributed by atoms with Crippen LogP contribution in [0.3, 0.4) is 0 Å². The molecule has 5 rings (SSSR count). The van der Waals surface area contributed by atoms with Gasteiger partial charge in [-0.05, 0) is 42.5 Å². The topological polar surface area (TPSA) is 96.8 Å². The third-order valence-electron chi connectivity index (χ3n) is 6.51. The Hall–Kier alpha value is -4.15. The Morgan fingerprint density at radius 1 is 1.05 bits per heavy atom. The van der Waals surface area contributed by atoms with Gasteiger partial charge in [0.1, 0.15) is 17.2 Å². The summed E-state index contributed by atoms with van der Waals surface area (Å²) in [5.74, 6) is 1.67. The third kappa shape index (κ3) is 6.04. The summed E-state index contributed by atoms with van der Waals surface area (Å²) in [6, 6.07) is 17.3. The van der Waals surface area contributed by atoms with Crippen LogP contribution in [0.5, 0.6) is 11.5 Å². The van der Waals surface area contributed by atoms with Crippen LogP contribution in [-0.2, 0) is 11.8 Å². The molecule has 0 radical (unpaired) electrons. The molecule has 1 fully saturated rings. The number of carbonyl (C=O) groups is 1. The monoisotopic (exact) mass is 515 g/mol. The van der Waals surface area contributed by atoms with E-state index in [1.54, 1.807) is 18.3 Å². The van der Waals surface area contributed by atoms with Gasteiger partial charge in [0.15, 0.2) is 0 Å². The van der Waals surface area contributed by atoms with E-state index in [0.717, 1.165) is 61.2 Å². The van der Waals surface area contributed by atoms with Crippen molar-refractivity contribution in [2.45, 2.75) is 0 Å². The van der Waals surface area contributed by atoms with Gasteiger partial charge in [0.2, 0.25) is 5.95 Å². The Morgan fingerprint density at radius 3 is 2.58 bits per heavy atom. The Bertz CT molecular complexity index is 1400. The minimum atomic E-state index is -0.224. The first-order valence-electron chi connectivity index (χ1n) is 12.7. The number of rotatable bonds is 9. The normalized spacial score (nSPS) is 13.9. The maximum absolute atomic E-state index is 12.6. The van der Waals surface area contributed by atoms with Crippen LogP contribution in [0.4, 0.5) is 17.3 Å². The van der Waals surface area contributed by atoms with E-state index < -0.39 is 0 Å². The summed E-state index contributed by atoms with van der Waals surface area (Å²) in [5, 5.41) is 6.32. The number of carbonyl (C=O) groups excluding carboxylic acids is 1. The molecule has 1 aliphatic heterocycles. The second-order valence-corrected chi connectivity index (χ2v) is 9.40. The lowest BCUT2D eigenvalue weighted by atomic mass is 10.2. The number of aromatic nitrogens is 3. The van der Waals surface area contributed by atoms with Crippen molar-refractivity contribution in [3.8, 4) is 11.5 Å². The fourth-order valence-electron chi connectivity index (χ4n) is 4.30. The van der Waals surface area contributed by atoms with Crippen LogP contribution in [-0.4, -0.2) is 78.8 Å². The Labute approximate surface area is 222 Å². The molecular formula is C28H33N7O3. The molecule has 1 amide bonds. The van der Waals surface area contributed by atoms with Crippen molar-refractivity contribution < 1.29 is 14.3 Å². The number of anilines is 3. The minimum absolute atomic E-state index is 0.224. The molecular weight excluding hydrogens is 482 g/mol. The van der Waals surface area contributed by atoms with Gasteiger partial charge in [0, 0.05) is 77.0 Å². The van der Waals surface area contributed by atoms with Crippen LogP contribution in [0.25, 0.3) is 11.0 Å². The Balaban J connectivity index is 1.23. The lowest BCUT2D eigenvalue weighted by molar-refractivity contribution is 0.0383. The second kappa shape index (κ2) is 11.5. The van der Waals surface area contributed by atoms with Crippen molar-refractivity contribution in [1.82, 2.24) is 24.8 Å². The molecule has 4 aromatic rings. The molecule has 10 heteroatoms. The van der Waals surface area contributed by atoms with E-state index in [1.807, 2.05) is 56.0 Å². The zero-order valence-corrected chi connectivity index (χ0v) is 22.0. The van der Waals surface area contributed by atoms with Crippen molar-refractivity contribution in [1.29, 1.82) is 0 Å². The van der Waals surface area contributed by atoms with Gasteiger partial charge in [-0.2, -0.15) is 0 Å². The predicted molar refractivity (Wildman–Crippen MR) is 149 cm³/mol. The van der Waals surface area contributed by atoms with E-state index in [1.165, 1.54) is 0 Å². The quantitative estimate of drug-likeness (QED) is 0.349. The number of nitrogens with zero attached hydrogens (tertiary/aromatic N) is 5. The maximum atomic E-state index is 12.6. The molecule has 0 atom stereocenters. The van der Waals surface area contributed by atoms with Gasteiger partial charge in [0.05, 0.1) is 24.2 Å². The van der Waals surface area contributed by atoms with Gasteiger partial charge in [-0.3, -0.25) is 14.7 Å². The van der Waals surface area contributed by atoms with Crippen LogP contribution >= 0.6 is 0 Å². The van der Waals surface area contributed by atoms with E-state index >= 15 is 0 Å². The summed E-state index contributed by atoms with van der Waals surface area (Å²) in [4.78, 5) is 25.9. The van der Waals surface area contributed by atoms with Gasteiger partial charge in [-0.25, -0.2) is 4.98 Å². The van der Waals surface area contributed by atoms with Crippen molar-refractivity contribution in [3.05, 3.63) is 66.5 Å². The molecule has 0 unspecified atom stereocenters. The first kappa shape index (κ1) is 25.5. The van der Waals surface area contributed by atoms with Crippen LogP contribution in [0.15, 0.2) is 60.8 Å². The van der Waals surface area contributed by atoms with Gasteiger partial charge in [-0.15, -0.1) is 0 Å². The number of imidazole rings is 1. The summed E-state index contributed by atoms with van der Waals surface area (Å²) in [6.07, 6.45) is 1.58. The summed E-state index contributed by atoms with van der Waals surface area (Å²) >= 11 is 0. The van der Waals surface area contributed by atoms with Crippen molar-refractivity contribution in [2.24, 2.45) is 7.05 Å². The highest BCUT2D eigenvalue weighted by Gasteiger charge is 2.13. The summed E-state index contributed by atoms with van der Waals surface area (Å²) < 4.78 is 13.4. The fraction of sp³-hybridized carbons (Fsp3) is 0.321. The molecule has 3 heterocycles. The Morgan fingerprint density at radius 2 is 1.82 bits per heavy atom. The fourth-order valence-corrected chi connectivity index (χ4v) is 4.30. The van der Waals surface area contributed by atoms with Crippen molar-refractivity contribution >= 4 is 34.3 Å². The summed E-state index contributed by atoms with van der Waals surface area (Å²) in [5.41, 5.74) is 4.17. The lowest BCUT2D eigenvalue weighted by Gasteiger charge is -2.26. The first-order chi connectivity index (χ1) is 18.5. The number of hydrogen-bond acceptors (Lipinski definition) is 8. The largest absolute Gasteiger partial charge is 0.457 e. The average Bonchev–Trinajstić information content (AvgIpc) is 3.23. The lowest BCUT2D eigenvalue weighted by Crippen LogP contribution is -2.41. The third-order valence-corrected chi connectivity index (χ3v) is 6.51. The highest BCUT2D eigenvalue weighted by molar-refractivity contribution is 5.92. The van der Waals surface area contributed by atoms with Crippen molar-refractivity contribution in [3.63, 3.8) is 0 Å². The van der Waals surface area contributed by atoms with Crippen molar-refractivity contribution in [2.75, 3.05) is 63.7 Å². The zero-order chi connectivity index (χ0) is 26.5. The van der Waals surface area contributed by atoms with E-state index in [-0.39, 0.29) is 5.91 Å². The molecule has 38 heavy (non-hydrogen) atoms. The van der Waals surface area contributed by atoms with Crippen LogP contribution < -0.4 is 20.3 Å². The van der Waals surface area contributed by atoms with E-state index in [2.05, 4.69) is 37.6 Å². The van der Waals surface area contributed by atoms with E-state index in [4.69, 9.17) is 14.5 Å². The highest BCUT2D eigenvalue weighted by Crippen LogP contribution is 2.28. The molecule has 10 nitrogen and oxygen atoms in total. The minimum Gasteiger partial charge on any atom is -0.457 e. The first-order valence-corrected chi connectivity index (χ1v) is 12.7. The smallest absolute Gasteiger partial charge is 0.270 e. The molecule has 198 valence electrons. The summed E-state index contributed by atoms with van der Waals surface area (Å²) in [6.45, 7) is 4.59. The standard InChI is InChI=1S/C28H33N7O3/c1-33(2)21-6-4-20(5-7-21)31-28-32-24-18-22(8-9-26(24)34(28)3)38-23-10-11-29-25(19-23)27(36)30-12-13-35-14-16-37-17-15-35/h4-11,18-19H,12-17H2,1-3H3,(H,30,36)(H,31,32). The number of morpholine rings is 1. The molecule has 0 aliphatic carbocycles. The number of aryl methyl sites for hydroxylation is 1. The Kier molecular flexibility index (Phi) is 7.71. The predicted octanol–water partition coefficient (Wildman–Crippen LogP) is 3.63. The maximum Gasteiger partial charge on any atom is 0.270 e. The number of ether oxygens (including phenoxy) is 2. The average molecular weight is 516 g/mol. The second-order valence-electron chi connectivity index (χ2n) is 9.40. The summed E-state index contributed by atoms with van der Waals surface area (Å²) in [7, 11) is 6.00. The number of amides is 1. The van der Waals surface area contributed by atoms with Gasteiger partial charge < -0.3 is 29.6 Å². The highest BCUT2D eigenvalue weighted by atomic mass is 16.5. The number of benzene rings is 2. The molecule has 1 saturated heterocycles. The molecule has 0 bridgehead atoms. The molecule has 0 spiro atoms. The number of fused-ring (bicyclic) bond motifs is 1. The SMILES string of the molecule is CN(C)c1ccc(Nc2nc3cc(Oc4ccnc(C(=O)NCCN5CCOCC5)c4)ccc3n2C)cc1. The van der Waals surface area contributed by atoms with E-state index in [0.29, 0.717) is 23.7 Å². The zero-order valence-electron chi connectivity index (χ0n) is 22.0. The van der Waals surface area contributed by atoms with Crippen LogP contribution in [0, 0.1) is 0 Å². The van der Waals surface area contributed by atoms with Gasteiger partial charge in [0.25, 0.3) is 5.91 Å².